The Hall–Kier alpha value is -1.56. The molecule has 106 valence electrons. The van der Waals surface area contributed by atoms with Gasteiger partial charge in [-0.1, -0.05) is 13.8 Å². The highest BCUT2D eigenvalue weighted by atomic mass is 19.1. The van der Waals surface area contributed by atoms with Crippen LogP contribution < -0.4 is 11.5 Å². The van der Waals surface area contributed by atoms with Crippen LogP contribution in [-0.2, 0) is 4.79 Å². The normalized spacial score (nSPS) is 13.4. The third-order valence-electron chi connectivity index (χ3n) is 2.84. The second-order valence-electron chi connectivity index (χ2n) is 5.40. The molecule has 0 fully saturated rings. The number of hydrogen-bond acceptors (Lipinski definition) is 2. The molecule has 1 amide bonds. The molecule has 0 saturated carbocycles. The summed E-state index contributed by atoms with van der Waals surface area (Å²) >= 11 is 0. The molecule has 0 spiro atoms. The van der Waals surface area contributed by atoms with E-state index >= 15 is 0 Å². The van der Waals surface area contributed by atoms with Crippen molar-refractivity contribution < 1.29 is 18.0 Å². The highest BCUT2D eigenvalue weighted by Crippen LogP contribution is 2.33. The quantitative estimate of drug-likeness (QED) is 0.865. The Morgan fingerprint density at radius 2 is 1.74 bits per heavy atom. The van der Waals surface area contributed by atoms with E-state index in [4.69, 9.17) is 11.5 Å². The van der Waals surface area contributed by atoms with Crippen LogP contribution in [0, 0.1) is 22.9 Å². The minimum atomic E-state index is -1.03. The molecule has 1 aromatic carbocycles. The highest BCUT2D eigenvalue weighted by Gasteiger charge is 2.27. The molecule has 4 N–H and O–H groups in total. The zero-order valence-electron chi connectivity index (χ0n) is 10.8. The summed E-state index contributed by atoms with van der Waals surface area (Å²) in [6.07, 6.45) is 0.195. The van der Waals surface area contributed by atoms with E-state index < -0.39 is 34.8 Å². The molecule has 19 heavy (non-hydrogen) atoms. The molecule has 1 atom stereocenters. The molecule has 0 aliphatic rings. The molecule has 0 aromatic heterocycles. The lowest BCUT2D eigenvalue weighted by molar-refractivity contribution is -0.120. The minimum Gasteiger partial charge on any atom is -0.370 e. The fraction of sp³-hybridized carbons (Fsp3) is 0.462. The van der Waals surface area contributed by atoms with Crippen molar-refractivity contribution in [2.75, 3.05) is 0 Å². The van der Waals surface area contributed by atoms with Crippen LogP contribution in [0.3, 0.4) is 0 Å². The van der Waals surface area contributed by atoms with Gasteiger partial charge < -0.3 is 11.5 Å². The molecule has 0 radical (unpaired) electrons. The monoisotopic (exact) mass is 274 g/mol. The number of nitrogens with two attached hydrogens (primary N) is 2. The van der Waals surface area contributed by atoms with Crippen molar-refractivity contribution >= 4 is 5.91 Å². The maximum absolute atomic E-state index is 13.5. The highest BCUT2D eigenvalue weighted by molar-refractivity contribution is 5.74. The van der Waals surface area contributed by atoms with Crippen molar-refractivity contribution in [3.63, 3.8) is 0 Å². The molecule has 1 unspecified atom stereocenters. The molecule has 0 heterocycles. The van der Waals surface area contributed by atoms with Crippen molar-refractivity contribution in [2.24, 2.45) is 16.9 Å². The summed E-state index contributed by atoms with van der Waals surface area (Å²) in [5, 5.41) is 0. The molecule has 0 saturated heterocycles. The average molecular weight is 274 g/mol. The molecule has 1 rings (SSSR count). The summed E-state index contributed by atoms with van der Waals surface area (Å²) in [5.41, 5.74) is 9.87. The van der Waals surface area contributed by atoms with Gasteiger partial charge in [0.2, 0.25) is 5.91 Å². The van der Waals surface area contributed by atoms with Gasteiger partial charge >= 0.3 is 0 Å². The van der Waals surface area contributed by atoms with Gasteiger partial charge in [-0.15, -0.1) is 0 Å². The molecule has 6 heteroatoms. The predicted molar refractivity (Wildman–Crippen MR) is 65.5 cm³/mol. The number of amides is 1. The predicted octanol–water partition coefficient (Wildman–Crippen LogP) is 2.40. The first-order chi connectivity index (χ1) is 8.62. The van der Waals surface area contributed by atoms with E-state index in [2.05, 4.69) is 0 Å². The number of primary amides is 1. The standard InChI is InChI=1S/C13H17F3N2O/c1-13(2,6-11(18)19)5-10(17)12-8(15)3-7(14)4-9(12)16/h3-4,10H,5-6,17H2,1-2H3,(H2,18,19). The number of hydrogen-bond donors (Lipinski definition) is 2. The second-order valence-corrected chi connectivity index (χ2v) is 5.40. The summed E-state index contributed by atoms with van der Waals surface area (Å²) in [6.45, 7) is 3.44. The van der Waals surface area contributed by atoms with E-state index in [9.17, 15) is 18.0 Å². The van der Waals surface area contributed by atoms with Crippen LogP contribution in [0.2, 0.25) is 0 Å². The lowest BCUT2D eigenvalue weighted by Crippen LogP contribution is -2.28. The van der Waals surface area contributed by atoms with Crippen LogP contribution in [-0.4, -0.2) is 5.91 Å². The average Bonchev–Trinajstić information content (AvgIpc) is 2.10. The van der Waals surface area contributed by atoms with Crippen molar-refractivity contribution in [1.29, 1.82) is 0 Å². The molecule has 0 aliphatic carbocycles. The van der Waals surface area contributed by atoms with E-state index in [1.165, 1.54) is 0 Å². The fourth-order valence-corrected chi connectivity index (χ4v) is 2.15. The Labute approximate surface area is 109 Å². The van der Waals surface area contributed by atoms with Crippen LogP contribution in [0.1, 0.15) is 38.3 Å². The molecular weight excluding hydrogens is 257 g/mol. The lowest BCUT2D eigenvalue weighted by Gasteiger charge is -2.27. The summed E-state index contributed by atoms with van der Waals surface area (Å²) < 4.78 is 39.9. The fourth-order valence-electron chi connectivity index (χ4n) is 2.15. The van der Waals surface area contributed by atoms with Crippen LogP contribution in [0.25, 0.3) is 0 Å². The Bertz CT molecular complexity index is 466. The SMILES string of the molecule is CC(C)(CC(N)=O)CC(N)c1c(F)cc(F)cc1F. The summed E-state index contributed by atoms with van der Waals surface area (Å²) in [4.78, 5) is 10.9. The number of carbonyl (C=O) groups excluding carboxylic acids is 1. The molecule has 1 aromatic rings. The maximum atomic E-state index is 13.5. The Morgan fingerprint density at radius 3 is 2.16 bits per heavy atom. The first kappa shape index (κ1) is 15.5. The van der Waals surface area contributed by atoms with Gasteiger partial charge in [-0.05, 0) is 11.8 Å². The number of benzene rings is 1. The van der Waals surface area contributed by atoms with Crippen LogP contribution in [0.4, 0.5) is 13.2 Å². The van der Waals surface area contributed by atoms with E-state index in [0.29, 0.717) is 12.1 Å². The van der Waals surface area contributed by atoms with Gasteiger partial charge in [0.25, 0.3) is 0 Å². The Kier molecular flexibility index (Phi) is 4.57. The van der Waals surface area contributed by atoms with Crippen molar-refractivity contribution in [1.82, 2.24) is 0 Å². The smallest absolute Gasteiger partial charge is 0.217 e. The molecule has 0 bridgehead atoms. The number of halogens is 3. The van der Waals surface area contributed by atoms with Gasteiger partial charge in [-0.2, -0.15) is 0 Å². The van der Waals surface area contributed by atoms with E-state index in [0.717, 1.165) is 0 Å². The molecule has 0 aliphatic heterocycles. The minimum absolute atomic E-state index is 0.0468. The van der Waals surface area contributed by atoms with Crippen LogP contribution in [0.15, 0.2) is 12.1 Å². The van der Waals surface area contributed by atoms with Crippen molar-refractivity contribution in [2.45, 2.75) is 32.7 Å². The second kappa shape index (κ2) is 5.61. The Morgan fingerprint density at radius 1 is 1.26 bits per heavy atom. The van der Waals surface area contributed by atoms with Gasteiger partial charge in [0.15, 0.2) is 0 Å². The molecular formula is C13H17F3N2O. The summed E-state index contributed by atoms with van der Waals surface area (Å²) in [6, 6.07) is 0.188. The van der Waals surface area contributed by atoms with Gasteiger partial charge in [0, 0.05) is 30.2 Å². The van der Waals surface area contributed by atoms with Crippen molar-refractivity contribution in [3.8, 4) is 0 Å². The lowest BCUT2D eigenvalue weighted by atomic mass is 9.80. The van der Waals surface area contributed by atoms with E-state index in [1.54, 1.807) is 13.8 Å². The first-order valence-corrected chi connectivity index (χ1v) is 5.81. The van der Waals surface area contributed by atoms with Crippen LogP contribution >= 0.6 is 0 Å². The number of rotatable bonds is 5. The topological polar surface area (TPSA) is 69.1 Å². The first-order valence-electron chi connectivity index (χ1n) is 5.81. The zero-order valence-corrected chi connectivity index (χ0v) is 10.8. The zero-order chi connectivity index (χ0) is 14.8. The Balaban J connectivity index is 2.95. The largest absolute Gasteiger partial charge is 0.370 e. The van der Waals surface area contributed by atoms with E-state index in [-0.39, 0.29) is 18.4 Å². The third-order valence-corrected chi connectivity index (χ3v) is 2.84. The number of carbonyl (C=O) groups is 1. The third kappa shape index (κ3) is 4.24. The van der Waals surface area contributed by atoms with Crippen LogP contribution in [0.5, 0.6) is 0 Å². The maximum Gasteiger partial charge on any atom is 0.217 e. The summed E-state index contributed by atoms with van der Waals surface area (Å²) in [7, 11) is 0. The van der Waals surface area contributed by atoms with E-state index in [1.807, 2.05) is 0 Å². The summed E-state index contributed by atoms with van der Waals surface area (Å²) in [5.74, 6) is -3.57. The van der Waals surface area contributed by atoms with Gasteiger partial charge in [0.1, 0.15) is 17.5 Å². The van der Waals surface area contributed by atoms with Crippen molar-refractivity contribution in [3.05, 3.63) is 35.1 Å². The van der Waals surface area contributed by atoms with Gasteiger partial charge in [-0.3, -0.25) is 4.79 Å². The van der Waals surface area contributed by atoms with Gasteiger partial charge in [0.05, 0.1) is 0 Å². The molecule has 3 nitrogen and oxygen atoms in total. The van der Waals surface area contributed by atoms with Gasteiger partial charge in [-0.25, -0.2) is 13.2 Å².